The van der Waals surface area contributed by atoms with E-state index < -0.39 is 6.29 Å². The number of aryl methyl sites for hydroxylation is 1. The molecule has 2 heterocycles. The lowest BCUT2D eigenvalue weighted by Crippen LogP contribution is -2.13. The molecule has 0 bridgehead atoms. The maximum atomic E-state index is 8.98. The highest BCUT2D eigenvalue weighted by atomic mass is 16.7. The Morgan fingerprint density at radius 1 is 1.75 bits per heavy atom. The molecule has 1 aliphatic heterocycles. The maximum absolute atomic E-state index is 8.98. The quantitative estimate of drug-likeness (QED) is 0.626. The van der Waals surface area contributed by atoms with Gasteiger partial charge in [0.1, 0.15) is 18.3 Å². The third kappa shape index (κ3) is 1.21. The Bertz CT molecular complexity index is 286. The van der Waals surface area contributed by atoms with Gasteiger partial charge in [0.15, 0.2) is 6.29 Å². The van der Waals surface area contributed by atoms with Gasteiger partial charge < -0.3 is 9.84 Å². The molecule has 0 amide bonds. The maximum Gasteiger partial charge on any atom is 0.184 e. The molecular weight excluding hydrogens is 158 g/mol. The lowest BCUT2D eigenvalue weighted by Gasteiger charge is -2.06. The number of hydrogen-bond acceptors (Lipinski definition) is 4. The van der Waals surface area contributed by atoms with E-state index in [1.54, 1.807) is 11.0 Å². The van der Waals surface area contributed by atoms with Crippen LogP contribution in [0.15, 0.2) is 6.33 Å². The van der Waals surface area contributed by atoms with E-state index in [4.69, 9.17) is 9.84 Å². The van der Waals surface area contributed by atoms with E-state index in [9.17, 15) is 0 Å². The Morgan fingerprint density at radius 2 is 2.42 bits per heavy atom. The first-order valence-corrected chi connectivity index (χ1v) is 3.90. The van der Waals surface area contributed by atoms with Gasteiger partial charge in [-0.3, -0.25) is 0 Å². The molecule has 0 aromatic carbocycles. The van der Waals surface area contributed by atoms with Crippen molar-refractivity contribution < 1.29 is 9.84 Å². The summed E-state index contributed by atoms with van der Waals surface area (Å²) in [4.78, 5) is 3.99. The lowest BCUT2D eigenvalue weighted by molar-refractivity contribution is 0.155. The first kappa shape index (κ1) is 7.70. The zero-order valence-electron chi connectivity index (χ0n) is 7.01. The molecular formula is C7H11N3O2. The van der Waals surface area contributed by atoms with Gasteiger partial charge in [-0.25, -0.2) is 9.67 Å². The van der Waals surface area contributed by atoms with Crippen LogP contribution in [0.3, 0.4) is 0 Å². The molecule has 12 heavy (non-hydrogen) atoms. The van der Waals surface area contributed by atoms with Crippen LogP contribution < -0.4 is 0 Å². The summed E-state index contributed by atoms with van der Waals surface area (Å²) in [5.74, 6) is 0.733. The van der Waals surface area contributed by atoms with E-state index in [0.717, 1.165) is 5.82 Å². The van der Waals surface area contributed by atoms with Gasteiger partial charge in [0, 0.05) is 0 Å². The van der Waals surface area contributed by atoms with E-state index >= 15 is 0 Å². The number of ether oxygens (including phenoxy) is 1. The fourth-order valence-corrected chi connectivity index (χ4v) is 1.18. The van der Waals surface area contributed by atoms with Crippen LogP contribution in [0.5, 0.6) is 0 Å². The summed E-state index contributed by atoms with van der Waals surface area (Å²) in [6, 6.07) is 0.0567. The Kier molecular flexibility index (Phi) is 1.62. The highest BCUT2D eigenvalue weighted by molar-refractivity contribution is 4.86. The van der Waals surface area contributed by atoms with Crippen LogP contribution in [-0.4, -0.2) is 32.3 Å². The molecule has 3 unspecified atom stereocenters. The topological polar surface area (TPSA) is 63.5 Å². The summed E-state index contributed by atoms with van der Waals surface area (Å²) in [5.41, 5.74) is 0. The SMILES string of the molecule is Cc1ncn(C(C)C2OC2O)n1. The standard InChI is InChI=1S/C7H11N3O2/c1-4(6-7(11)12-6)10-3-8-5(2)9-10/h3-4,6-7,11H,1-2H3. The molecule has 1 N–H and O–H groups in total. The van der Waals surface area contributed by atoms with Gasteiger partial charge in [0.2, 0.25) is 0 Å². The van der Waals surface area contributed by atoms with Crippen molar-refractivity contribution in [2.75, 3.05) is 0 Å². The normalized spacial score (nSPS) is 30.2. The Morgan fingerprint density at radius 3 is 2.83 bits per heavy atom. The number of aliphatic hydroxyl groups is 1. The highest BCUT2D eigenvalue weighted by Crippen LogP contribution is 2.29. The van der Waals surface area contributed by atoms with Crippen LogP contribution in [-0.2, 0) is 4.74 Å². The van der Waals surface area contributed by atoms with Crippen LogP contribution in [0.25, 0.3) is 0 Å². The molecule has 0 spiro atoms. The Balaban J connectivity index is 2.09. The smallest absolute Gasteiger partial charge is 0.184 e. The van der Waals surface area contributed by atoms with E-state index in [-0.39, 0.29) is 12.1 Å². The fraction of sp³-hybridized carbons (Fsp3) is 0.714. The van der Waals surface area contributed by atoms with Crippen LogP contribution in [0.2, 0.25) is 0 Å². The molecule has 1 aromatic heterocycles. The van der Waals surface area contributed by atoms with Crippen molar-refractivity contribution in [2.45, 2.75) is 32.3 Å². The second-order valence-electron chi connectivity index (χ2n) is 3.00. The van der Waals surface area contributed by atoms with E-state index in [1.807, 2.05) is 13.8 Å². The summed E-state index contributed by atoms with van der Waals surface area (Å²) in [6.45, 7) is 3.77. The van der Waals surface area contributed by atoms with E-state index in [0.29, 0.717) is 0 Å². The minimum Gasteiger partial charge on any atom is -0.366 e. The number of nitrogens with zero attached hydrogens (tertiary/aromatic N) is 3. The molecule has 66 valence electrons. The number of hydrogen-bond donors (Lipinski definition) is 1. The molecule has 1 aliphatic rings. The van der Waals surface area contributed by atoms with Gasteiger partial charge in [-0.2, -0.15) is 5.10 Å². The second-order valence-corrected chi connectivity index (χ2v) is 3.00. The lowest BCUT2D eigenvalue weighted by atomic mass is 10.2. The average Bonchev–Trinajstić information content (AvgIpc) is 2.58. The summed E-state index contributed by atoms with van der Waals surface area (Å²) in [5, 5.41) is 13.1. The fourth-order valence-electron chi connectivity index (χ4n) is 1.18. The molecule has 5 nitrogen and oxygen atoms in total. The van der Waals surface area contributed by atoms with E-state index in [1.165, 1.54) is 0 Å². The van der Waals surface area contributed by atoms with Crippen LogP contribution >= 0.6 is 0 Å². The molecule has 1 saturated heterocycles. The largest absolute Gasteiger partial charge is 0.366 e. The number of rotatable bonds is 2. The zero-order chi connectivity index (χ0) is 8.72. The Hall–Kier alpha value is -0.940. The molecule has 3 atom stereocenters. The van der Waals surface area contributed by atoms with Crippen LogP contribution in [0.4, 0.5) is 0 Å². The Labute approximate surface area is 70.0 Å². The highest BCUT2D eigenvalue weighted by Gasteiger charge is 2.42. The first-order chi connectivity index (χ1) is 5.68. The second kappa shape index (κ2) is 2.53. The van der Waals surface area contributed by atoms with Gasteiger partial charge >= 0.3 is 0 Å². The van der Waals surface area contributed by atoms with Crippen molar-refractivity contribution in [1.82, 2.24) is 14.8 Å². The van der Waals surface area contributed by atoms with Crippen molar-refractivity contribution in [3.63, 3.8) is 0 Å². The zero-order valence-corrected chi connectivity index (χ0v) is 7.01. The predicted molar refractivity (Wildman–Crippen MR) is 40.3 cm³/mol. The van der Waals surface area contributed by atoms with Gasteiger partial charge in [0.05, 0.1) is 6.04 Å². The summed E-state index contributed by atoms with van der Waals surface area (Å²) >= 11 is 0. The summed E-state index contributed by atoms with van der Waals surface area (Å²) in [7, 11) is 0. The first-order valence-electron chi connectivity index (χ1n) is 3.90. The summed E-state index contributed by atoms with van der Waals surface area (Å²) < 4.78 is 6.61. The van der Waals surface area contributed by atoms with Crippen molar-refractivity contribution >= 4 is 0 Å². The molecule has 5 heteroatoms. The van der Waals surface area contributed by atoms with Gasteiger partial charge in [-0.15, -0.1) is 0 Å². The van der Waals surface area contributed by atoms with Crippen LogP contribution in [0, 0.1) is 6.92 Å². The molecule has 0 saturated carbocycles. The number of aromatic nitrogens is 3. The van der Waals surface area contributed by atoms with Crippen molar-refractivity contribution in [3.8, 4) is 0 Å². The predicted octanol–water partition coefficient (Wildman–Crippen LogP) is -0.135. The van der Waals surface area contributed by atoms with Crippen molar-refractivity contribution in [2.24, 2.45) is 0 Å². The minimum absolute atomic E-state index is 0.0567. The monoisotopic (exact) mass is 169 g/mol. The van der Waals surface area contributed by atoms with E-state index in [2.05, 4.69) is 10.1 Å². The molecule has 1 fully saturated rings. The minimum atomic E-state index is -0.621. The molecule has 1 aromatic rings. The number of epoxide rings is 1. The number of aliphatic hydroxyl groups excluding tert-OH is 1. The van der Waals surface area contributed by atoms with Gasteiger partial charge in [-0.1, -0.05) is 0 Å². The van der Waals surface area contributed by atoms with Gasteiger partial charge in [0.25, 0.3) is 0 Å². The average molecular weight is 169 g/mol. The third-order valence-electron chi connectivity index (χ3n) is 2.02. The van der Waals surface area contributed by atoms with Crippen molar-refractivity contribution in [3.05, 3.63) is 12.2 Å². The van der Waals surface area contributed by atoms with Gasteiger partial charge in [-0.05, 0) is 13.8 Å². The molecule has 2 rings (SSSR count). The third-order valence-corrected chi connectivity index (χ3v) is 2.02. The molecule has 0 radical (unpaired) electrons. The molecule has 0 aliphatic carbocycles. The summed E-state index contributed by atoms with van der Waals surface area (Å²) in [6.07, 6.45) is 0.907. The van der Waals surface area contributed by atoms with Crippen molar-refractivity contribution in [1.29, 1.82) is 0 Å². The van der Waals surface area contributed by atoms with Crippen LogP contribution in [0.1, 0.15) is 18.8 Å².